The van der Waals surface area contributed by atoms with Crippen LogP contribution in [0, 0.1) is 16.7 Å². The van der Waals surface area contributed by atoms with Crippen molar-refractivity contribution in [2.75, 3.05) is 23.7 Å². The van der Waals surface area contributed by atoms with Crippen LogP contribution in [-0.4, -0.2) is 47.0 Å². The third-order valence-electron chi connectivity index (χ3n) is 7.99. The molecule has 10 nitrogen and oxygen atoms in total. The third kappa shape index (κ3) is 5.00. The van der Waals surface area contributed by atoms with Crippen LogP contribution in [-0.2, 0) is 17.8 Å². The van der Waals surface area contributed by atoms with Crippen molar-refractivity contribution < 1.29 is 4.55 Å². The average molecular weight is 608 g/mol. The molecule has 1 fully saturated rings. The van der Waals surface area contributed by atoms with E-state index >= 15 is 0 Å². The van der Waals surface area contributed by atoms with Crippen molar-refractivity contribution in [3.63, 3.8) is 0 Å². The third-order valence-corrected chi connectivity index (χ3v) is 11.1. The second-order valence-corrected chi connectivity index (χ2v) is 15.0. The number of nitrogens with one attached hydrogen (secondary N) is 1. The minimum absolute atomic E-state index is 0.104. The predicted molar refractivity (Wildman–Crippen MR) is 161 cm³/mol. The van der Waals surface area contributed by atoms with E-state index in [-0.39, 0.29) is 17.3 Å². The van der Waals surface area contributed by atoms with Gasteiger partial charge in [-0.05, 0) is 63.3 Å². The van der Waals surface area contributed by atoms with E-state index in [1.54, 1.807) is 18.7 Å². The summed E-state index contributed by atoms with van der Waals surface area (Å²) in [6.45, 7) is 7.42. The summed E-state index contributed by atoms with van der Waals surface area (Å²) in [7, 11) is 0. The molecule has 1 aliphatic heterocycles. The van der Waals surface area contributed by atoms with Crippen molar-refractivity contribution in [3.8, 4) is 6.07 Å². The van der Waals surface area contributed by atoms with E-state index in [1.807, 2.05) is 43.4 Å². The molecule has 1 saturated heterocycles. The fourth-order valence-corrected chi connectivity index (χ4v) is 7.85. The molecule has 2 aliphatic rings. The molecule has 0 amide bonds. The van der Waals surface area contributed by atoms with Gasteiger partial charge in [-0.15, -0.1) is 14.9 Å². The van der Waals surface area contributed by atoms with Crippen LogP contribution >= 0.6 is 23.4 Å². The number of aromatic nitrogens is 5. The van der Waals surface area contributed by atoms with Gasteiger partial charge in [0.1, 0.15) is 16.9 Å². The number of benzene rings is 1. The lowest BCUT2D eigenvalue weighted by Crippen LogP contribution is -2.50. The summed E-state index contributed by atoms with van der Waals surface area (Å²) in [5.41, 5.74) is 9.27. The molecular weight excluding hydrogens is 578 g/mol. The monoisotopic (exact) mass is 607 g/mol. The Morgan fingerprint density at radius 3 is 2.73 bits per heavy atom. The van der Waals surface area contributed by atoms with Crippen molar-refractivity contribution in [2.24, 2.45) is 5.41 Å². The zero-order valence-electron chi connectivity index (χ0n) is 23.0. The van der Waals surface area contributed by atoms with Gasteiger partial charge >= 0.3 is 0 Å². The summed E-state index contributed by atoms with van der Waals surface area (Å²) in [5.74, 6) is 1.04. The summed E-state index contributed by atoms with van der Waals surface area (Å²) in [6, 6.07) is 9.97. The molecule has 0 bridgehead atoms. The Hall–Kier alpha value is -3.08. The maximum atomic E-state index is 13.3. The molecule has 1 spiro atoms. The van der Waals surface area contributed by atoms with Crippen LogP contribution in [0.5, 0.6) is 0 Å². The Morgan fingerprint density at radius 1 is 1.22 bits per heavy atom. The highest BCUT2D eigenvalue weighted by molar-refractivity contribution is 7.99. The topological polar surface area (TPSA) is 144 Å². The number of nitrogens with two attached hydrogens (primary N) is 1. The van der Waals surface area contributed by atoms with Crippen molar-refractivity contribution in [3.05, 3.63) is 64.7 Å². The van der Waals surface area contributed by atoms with Gasteiger partial charge in [0.15, 0.2) is 5.65 Å². The fraction of sp³-hybridized carbons (Fsp3) is 0.393. The Morgan fingerprint density at radius 2 is 2.00 bits per heavy atom. The number of piperidine rings is 1. The summed E-state index contributed by atoms with van der Waals surface area (Å²) < 4.78 is 18.3. The van der Waals surface area contributed by atoms with Crippen molar-refractivity contribution in [2.45, 2.75) is 60.6 Å². The van der Waals surface area contributed by atoms with E-state index < -0.39 is 16.1 Å². The molecule has 2 unspecified atom stereocenters. The maximum absolute atomic E-state index is 13.3. The first kappa shape index (κ1) is 28.1. The molecule has 212 valence electrons. The number of nitrogens with zero attached hydrogens (tertiary/aromatic N) is 7. The number of hydrogen-bond donors (Lipinski definition) is 2. The number of halogens is 1. The fourth-order valence-electron chi connectivity index (χ4n) is 5.78. The van der Waals surface area contributed by atoms with Crippen molar-refractivity contribution >= 4 is 52.1 Å². The molecule has 0 radical (unpaired) electrons. The average Bonchev–Trinajstić information content (AvgIpc) is 3.55. The van der Waals surface area contributed by atoms with Crippen LogP contribution in [0.4, 0.5) is 11.8 Å². The second kappa shape index (κ2) is 10.6. The number of pyridine rings is 1. The Balaban J connectivity index is 1.27. The first-order valence-corrected chi connectivity index (χ1v) is 15.7. The molecule has 3 N–H and O–H groups in total. The van der Waals surface area contributed by atoms with Gasteiger partial charge in [0.05, 0.1) is 27.6 Å². The van der Waals surface area contributed by atoms with Gasteiger partial charge in [-0.1, -0.05) is 35.5 Å². The van der Waals surface area contributed by atoms with Gasteiger partial charge in [-0.3, -0.25) is 0 Å². The molecule has 4 aromatic rings. The van der Waals surface area contributed by atoms with Gasteiger partial charge in [-0.2, -0.15) is 5.26 Å². The van der Waals surface area contributed by atoms with Crippen LogP contribution in [0.2, 0.25) is 5.02 Å². The summed E-state index contributed by atoms with van der Waals surface area (Å²) >= 11 is 6.54. The zero-order chi connectivity index (χ0) is 28.9. The SMILES string of the molecule is CC(C)(C)[S+]([O-])NC1c2cccc(C#N)c2CC12CCN(c1ncc(Sc3ccnc(N)c3Cl)c3nncn13)CC2. The summed E-state index contributed by atoms with van der Waals surface area (Å²) in [4.78, 5) is 12.7. The number of fused-ring (bicyclic) bond motifs is 2. The van der Waals surface area contributed by atoms with E-state index in [9.17, 15) is 9.81 Å². The maximum Gasteiger partial charge on any atom is 0.212 e. The second-order valence-electron chi connectivity index (χ2n) is 11.5. The van der Waals surface area contributed by atoms with Crippen LogP contribution in [0.1, 0.15) is 56.3 Å². The van der Waals surface area contributed by atoms with Gasteiger partial charge in [0.25, 0.3) is 0 Å². The lowest BCUT2D eigenvalue weighted by Gasteiger charge is -2.44. The Kier molecular flexibility index (Phi) is 7.28. The number of anilines is 2. The van der Waals surface area contributed by atoms with E-state index in [0.29, 0.717) is 16.2 Å². The van der Waals surface area contributed by atoms with E-state index in [0.717, 1.165) is 59.2 Å². The molecule has 3 aromatic heterocycles. The molecule has 13 heteroatoms. The lowest BCUT2D eigenvalue weighted by atomic mass is 9.73. The highest BCUT2D eigenvalue weighted by atomic mass is 35.5. The van der Waals surface area contributed by atoms with Crippen LogP contribution in [0.25, 0.3) is 5.65 Å². The van der Waals surface area contributed by atoms with E-state index in [1.165, 1.54) is 11.8 Å². The van der Waals surface area contributed by atoms with E-state index in [2.05, 4.69) is 36.9 Å². The predicted octanol–water partition coefficient (Wildman–Crippen LogP) is 4.71. The molecule has 4 heterocycles. The molecule has 0 saturated carbocycles. The van der Waals surface area contributed by atoms with Gasteiger partial charge in [-0.25, -0.2) is 14.4 Å². The molecule has 2 atom stereocenters. The molecule has 1 aliphatic carbocycles. The molecule has 41 heavy (non-hydrogen) atoms. The van der Waals surface area contributed by atoms with Crippen molar-refractivity contribution in [1.82, 2.24) is 29.3 Å². The normalized spacial score (nSPS) is 18.9. The quantitative estimate of drug-likeness (QED) is 0.306. The summed E-state index contributed by atoms with van der Waals surface area (Å²) in [6.07, 6.45) is 7.56. The van der Waals surface area contributed by atoms with Crippen LogP contribution < -0.4 is 15.4 Å². The zero-order valence-corrected chi connectivity index (χ0v) is 25.4. The minimum atomic E-state index is -1.25. The molecule has 1 aromatic carbocycles. The lowest BCUT2D eigenvalue weighted by molar-refractivity contribution is 0.175. The first-order valence-electron chi connectivity index (χ1n) is 13.3. The van der Waals surface area contributed by atoms with Gasteiger partial charge in [0.2, 0.25) is 5.95 Å². The summed E-state index contributed by atoms with van der Waals surface area (Å²) in [5, 5.41) is 18.8. The van der Waals surface area contributed by atoms with E-state index in [4.69, 9.17) is 22.3 Å². The number of nitrogen functional groups attached to an aromatic ring is 1. The minimum Gasteiger partial charge on any atom is -0.598 e. The van der Waals surface area contributed by atoms with Gasteiger partial charge in [0, 0.05) is 47.2 Å². The van der Waals surface area contributed by atoms with Crippen molar-refractivity contribution in [1.29, 1.82) is 5.26 Å². The molecular formula is C28H30ClN9OS2. The first-order chi connectivity index (χ1) is 19.6. The van der Waals surface area contributed by atoms with Gasteiger partial charge < -0.3 is 15.2 Å². The van der Waals surface area contributed by atoms with Crippen LogP contribution in [0.3, 0.4) is 0 Å². The number of rotatable bonds is 5. The largest absolute Gasteiger partial charge is 0.598 e. The smallest absolute Gasteiger partial charge is 0.212 e. The Bertz CT molecular complexity index is 1660. The standard InChI is InChI=1S/C28H30ClN9OS2/c1-27(2,3)41(39)36-23-18-6-4-5-17(14-30)19(18)13-28(23)8-11-37(12-9-28)26-33-15-21(25-35-34-16-38(25)26)40-20-7-10-32-24(31)22(20)29/h4-7,10,15-16,23,36H,8-9,11-13H2,1-3H3,(H2,31,32). The Labute approximate surface area is 251 Å². The highest BCUT2D eigenvalue weighted by Crippen LogP contribution is 2.53. The number of nitriles is 1. The highest BCUT2D eigenvalue weighted by Gasteiger charge is 2.51. The van der Waals surface area contributed by atoms with Crippen LogP contribution in [0.15, 0.2) is 52.8 Å². The molecule has 6 rings (SSSR count). The number of hydrogen-bond acceptors (Lipinski definition) is 10.